The van der Waals surface area contributed by atoms with Crippen molar-refractivity contribution in [1.29, 1.82) is 5.41 Å². The first-order valence-electron chi connectivity index (χ1n) is 11.9. The Bertz CT molecular complexity index is 1270. The number of amidine groups is 1. The molecule has 2 aliphatic rings. The molecule has 8 nitrogen and oxygen atoms in total. The Kier molecular flexibility index (Phi) is 7.92. The Morgan fingerprint density at radius 2 is 1.54 bits per heavy atom. The molecule has 2 amide bonds. The number of imide groups is 1. The molecule has 192 valence electrons. The van der Waals surface area contributed by atoms with Gasteiger partial charge in [0.25, 0.3) is 0 Å². The average Bonchev–Trinajstić information content (AvgIpc) is 3.38. The summed E-state index contributed by atoms with van der Waals surface area (Å²) in [6, 6.07) is 23.6. The first kappa shape index (κ1) is 26.3. The van der Waals surface area contributed by atoms with Crippen molar-refractivity contribution in [2.75, 3.05) is 12.3 Å². The van der Waals surface area contributed by atoms with E-state index in [4.69, 9.17) is 21.6 Å². The molecule has 4 unspecified atom stereocenters. The third-order valence-electron chi connectivity index (χ3n) is 6.99. The molecule has 37 heavy (non-hydrogen) atoms. The van der Waals surface area contributed by atoms with E-state index in [1.807, 2.05) is 54.6 Å². The van der Waals surface area contributed by atoms with Crippen LogP contribution in [0.4, 0.5) is 5.69 Å². The number of likely N-dealkylation sites (tertiary alicyclic amines) is 1. The van der Waals surface area contributed by atoms with Crippen molar-refractivity contribution in [3.8, 4) is 0 Å². The monoisotopic (exact) mass is 519 g/mol. The van der Waals surface area contributed by atoms with Gasteiger partial charge >= 0.3 is 0 Å². The topological polar surface area (TPSA) is 135 Å². The molecule has 3 aromatic carbocycles. The van der Waals surface area contributed by atoms with Gasteiger partial charge in [-0.2, -0.15) is 0 Å². The van der Waals surface area contributed by atoms with Crippen LogP contribution in [0.5, 0.6) is 0 Å². The molecule has 2 heterocycles. The molecule has 6 N–H and O–H groups in total. The highest BCUT2D eigenvalue weighted by atomic mass is 35.5. The van der Waals surface area contributed by atoms with Crippen LogP contribution >= 0.6 is 12.4 Å². The van der Waals surface area contributed by atoms with E-state index in [0.717, 1.165) is 16.7 Å². The summed E-state index contributed by atoms with van der Waals surface area (Å²) in [5.74, 6) is -1.47. The van der Waals surface area contributed by atoms with Crippen LogP contribution < -0.4 is 16.8 Å². The molecule has 0 spiro atoms. The number of halogens is 1. The van der Waals surface area contributed by atoms with Crippen LogP contribution in [-0.4, -0.2) is 35.2 Å². The summed E-state index contributed by atoms with van der Waals surface area (Å²) in [4.78, 5) is 28.6. The molecule has 0 saturated carbocycles. The van der Waals surface area contributed by atoms with E-state index in [1.165, 1.54) is 4.90 Å². The highest BCUT2D eigenvalue weighted by Crippen LogP contribution is 2.44. The van der Waals surface area contributed by atoms with Crippen molar-refractivity contribution in [2.45, 2.75) is 25.2 Å². The summed E-state index contributed by atoms with van der Waals surface area (Å²) in [5, 5.41) is 11.2. The van der Waals surface area contributed by atoms with Crippen molar-refractivity contribution in [3.05, 3.63) is 101 Å². The summed E-state index contributed by atoms with van der Waals surface area (Å²) in [7, 11) is 0. The normalized spacial score (nSPS) is 22.5. The molecule has 2 saturated heterocycles. The Morgan fingerprint density at radius 3 is 2.19 bits per heavy atom. The van der Waals surface area contributed by atoms with Crippen LogP contribution in [0.2, 0.25) is 0 Å². The van der Waals surface area contributed by atoms with Gasteiger partial charge in [-0.25, -0.2) is 0 Å². The zero-order valence-electron chi connectivity index (χ0n) is 20.2. The Morgan fingerprint density at radius 1 is 0.892 bits per heavy atom. The number of hydrogen-bond acceptors (Lipinski definition) is 6. The van der Waals surface area contributed by atoms with Gasteiger partial charge in [0.05, 0.1) is 31.6 Å². The number of amides is 2. The first-order valence-corrected chi connectivity index (χ1v) is 11.9. The largest absolute Gasteiger partial charge is 0.399 e. The lowest BCUT2D eigenvalue weighted by Crippen LogP contribution is -2.41. The maximum Gasteiger partial charge on any atom is 0.235 e. The molecule has 0 aliphatic carbocycles. The fourth-order valence-electron chi connectivity index (χ4n) is 5.15. The number of nitrogens with one attached hydrogen (secondary N) is 2. The van der Waals surface area contributed by atoms with Gasteiger partial charge in [0, 0.05) is 23.3 Å². The maximum atomic E-state index is 13.6. The Hall–Kier alpha value is -3.72. The molecule has 0 aromatic heterocycles. The van der Waals surface area contributed by atoms with E-state index in [9.17, 15) is 9.59 Å². The highest BCUT2D eigenvalue weighted by molar-refractivity contribution is 6.06. The number of nitrogen functional groups attached to an aromatic ring is 2. The van der Waals surface area contributed by atoms with E-state index in [1.54, 1.807) is 24.3 Å². The summed E-state index contributed by atoms with van der Waals surface area (Å²) in [5.41, 5.74) is 15.4. The fraction of sp³-hybridized carbons (Fsp3) is 0.250. The number of fused-ring (bicyclic) bond motifs is 1. The van der Waals surface area contributed by atoms with Gasteiger partial charge in [0.15, 0.2) is 0 Å². The molecule has 0 bridgehead atoms. The summed E-state index contributed by atoms with van der Waals surface area (Å²) in [6.07, 6.45) is 0. The lowest BCUT2D eigenvalue weighted by molar-refractivity contribution is -0.141. The molecule has 5 rings (SSSR count). The lowest BCUT2D eigenvalue weighted by Gasteiger charge is -2.23. The van der Waals surface area contributed by atoms with Crippen molar-refractivity contribution in [3.63, 3.8) is 0 Å². The number of nitrogens with zero attached hydrogens (tertiary/aromatic N) is 1. The number of nitrogens with two attached hydrogens (primary N) is 2. The van der Waals surface area contributed by atoms with Crippen molar-refractivity contribution < 1.29 is 14.3 Å². The minimum atomic E-state index is -0.542. The van der Waals surface area contributed by atoms with Gasteiger partial charge in [0.1, 0.15) is 5.84 Å². The third kappa shape index (κ3) is 5.36. The molecule has 2 fully saturated rings. The highest BCUT2D eigenvalue weighted by Gasteiger charge is 2.58. The lowest BCUT2D eigenvalue weighted by atomic mass is 9.86. The predicted octanol–water partition coefficient (Wildman–Crippen LogP) is 3.01. The first-order chi connectivity index (χ1) is 17.4. The molecular weight excluding hydrogens is 490 g/mol. The molecule has 2 aliphatic heterocycles. The Balaban J connectivity index is 0.00000320. The third-order valence-corrected chi connectivity index (χ3v) is 6.99. The van der Waals surface area contributed by atoms with E-state index in [0.29, 0.717) is 24.5 Å². The number of hydrogen-bond donors (Lipinski definition) is 4. The number of carbonyl (C=O) groups excluding carboxylic acids is 2. The van der Waals surface area contributed by atoms with Crippen molar-refractivity contribution in [2.24, 2.45) is 17.6 Å². The van der Waals surface area contributed by atoms with Gasteiger partial charge in [-0.1, -0.05) is 66.7 Å². The molecule has 0 radical (unpaired) electrons. The van der Waals surface area contributed by atoms with Gasteiger partial charge in [-0.15, -0.1) is 12.4 Å². The minimum Gasteiger partial charge on any atom is -0.399 e. The molecule has 4 atom stereocenters. The van der Waals surface area contributed by atoms with Crippen LogP contribution in [-0.2, 0) is 27.5 Å². The van der Waals surface area contributed by atoms with Crippen LogP contribution in [0.25, 0.3) is 0 Å². The van der Waals surface area contributed by atoms with Crippen LogP contribution in [0.3, 0.4) is 0 Å². The second-order valence-corrected chi connectivity index (χ2v) is 9.34. The maximum absolute atomic E-state index is 13.6. The number of anilines is 1. The summed E-state index contributed by atoms with van der Waals surface area (Å²) in [6.45, 7) is 0.928. The fourth-order valence-corrected chi connectivity index (χ4v) is 5.15. The van der Waals surface area contributed by atoms with Gasteiger partial charge in [-0.3, -0.25) is 19.9 Å². The Labute approximate surface area is 221 Å². The second kappa shape index (κ2) is 11.1. The van der Waals surface area contributed by atoms with E-state index >= 15 is 0 Å². The molecule has 9 heteroatoms. The second-order valence-electron chi connectivity index (χ2n) is 9.34. The van der Waals surface area contributed by atoms with E-state index in [2.05, 4.69) is 5.32 Å². The van der Waals surface area contributed by atoms with Crippen molar-refractivity contribution in [1.82, 2.24) is 10.2 Å². The van der Waals surface area contributed by atoms with Gasteiger partial charge in [0.2, 0.25) is 11.8 Å². The van der Waals surface area contributed by atoms with Gasteiger partial charge < -0.3 is 21.5 Å². The summed E-state index contributed by atoms with van der Waals surface area (Å²) >= 11 is 0. The smallest absolute Gasteiger partial charge is 0.235 e. The van der Waals surface area contributed by atoms with E-state index in [-0.39, 0.29) is 48.7 Å². The predicted molar refractivity (Wildman–Crippen MR) is 144 cm³/mol. The summed E-state index contributed by atoms with van der Waals surface area (Å²) < 4.78 is 5.99. The number of rotatable bonds is 8. The van der Waals surface area contributed by atoms with Crippen molar-refractivity contribution >= 4 is 35.7 Å². The SMILES string of the molecule is Cl.N=C(N)c1ccc(C2NC(COCc3ccccc3)C3C(=O)N(Cc4ccc(N)cc4)C(=O)C23)cc1. The van der Waals surface area contributed by atoms with Crippen LogP contribution in [0.15, 0.2) is 78.9 Å². The molecular formula is C28H30ClN5O3. The van der Waals surface area contributed by atoms with Crippen LogP contribution in [0.1, 0.15) is 28.3 Å². The van der Waals surface area contributed by atoms with Crippen LogP contribution in [0, 0.1) is 17.2 Å². The van der Waals surface area contributed by atoms with Gasteiger partial charge in [-0.05, 0) is 28.8 Å². The number of benzene rings is 3. The minimum absolute atomic E-state index is 0. The standard InChI is InChI=1S/C28H29N5O3.ClH/c29-21-12-6-17(7-13-21)14-33-27(34)23-22(16-36-15-18-4-2-1-3-5-18)32-25(24(23)28(33)35)19-8-10-20(11-9-19)26(30)31;/h1-13,22-25,32H,14-16,29H2,(H3,30,31);1H. The van der Waals surface area contributed by atoms with E-state index < -0.39 is 11.8 Å². The zero-order chi connectivity index (χ0) is 25.2. The quantitative estimate of drug-likeness (QED) is 0.156. The average molecular weight is 520 g/mol. The number of carbonyl (C=O) groups is 2. The zero-order valence-corrected chi connectivity index (χ0v) is 21.0. The molecule has 3 aromatic rings. The number of ether oxygens (including phenoxy) is 1.